The predicted octanol–water partition coefficient (Wildman–Crippen LogP) is 5.15. The van der Waals surface area contributed by atoms with Crippen LogP contribution in [0.4, 0.5) is 5.13 Å². The molecule has 31 heavy (non-hydrogen) atoms. The lowest BCUT2D eigenvalue weighted by molar-refractivity contribution is -0.129. The molecule has 0 saturated heterocycles. The number of carbonyl (C=O) groups is 2. The molecular weight excluding hydrogens is 408 g/mol. The third kappa shape index (κ3) is 3.59. The van der Waals surface area contributed by atoms with E-state index in [2.05, 4.69) is 23.3 Å². The van der Waals surface area contributed by atoms with Crippen molar-refractivity contribution in [1.29, 1.82) is 0 Å². The minimum Gasteiger partial charge on any atom is -0.508 e. The fraction of sp³-hybridized carbons (Fsp3) is 0.560. The molecular formula is C25H30N2O3S. The van der Waals surface area contributed by atoms with Crippen LogP contribution in [0.2, 0.25) is 0 Å². The van der Waals surface area contributed by atoms with Crippen molar-refractivity contribution in [2.24, 2.45) is 17.3 Å². The summed E-state index contributed by atoms with van der Waals surface area (Å²) in [4.78, 5) is 30.2. The third-order valence-corrected chi connectivity index (χ3v) is 8.95. The van der Waals surface area contributed by atoms with E-state index in [1.54, 1.807) is 6.20 Å². The van der Waals surface area contributed by atoms with E-state index in [0.717, 1.165) is 49.0 Å². The maximum absolute atomic E-state index is 12.6. The number of ketones is 1. The molecule has 1 amide bonds. The van der Waals surface area contributed by atoms with Crippen LogP contribution in [0.5, 0.6) is 5.75 Å². The number of carbonyl (C=O) groups excluding carboxylic acids is 2. The second-order valence-electron chi connectivity index (χ2n) is 9.84. The van der Waals surface area contributed by atoms with E-state index in [-0.39, 0.29) is 11.3 Å². The van der Waals surface area contributed by atoms with Crippen LogP contribution >= 0.6 is 11.3 Å². The Balaban J connectivity index is 1.33. The zero-order chi connectivity index (χ0) is 21.8. The lowest BCUT2D eigenvalue weighted by Gasteiger charge is -2.48. The fourth-order valence-corrected chi connectivity index (χ4v) is 7.15. The number of fused-ring (bicyclic) bond motifs is 5. The highest BCUT2D eigenvalue weighted by molar-refractivity contribution is 7.15. The van der Waals surface area contributed by atoms with Crippen LogP contribution < -0.4 is 5.32 Å². The summed E-state index contributed by atoms with van der Waals surface area (Å²) in [6.45, 7) is 4.16. The smallest absolute Gasteiger partial charge is 0.226 e. The van der Waals surface area contributed by atoms with Gasteiger partial charge in [-0.05, 0) is 86.0 Å². The van der Waals surface area contributed by atoms with Crippen molar-refractivity contribution in [3.63, 3.8) is 0 Å². The number of rotatable bonds is 4. The lowest BCUT2D eigenvalue weighted by atomic mass is 9.55. The number of Topliss-reactive ketones (excluding diaryl/α,β-unsaturated/α-hetero) is 1. The van der Waals surface area contributed by atoms with Crippen molar-refractivity contribution in [1.82, 2.24) is 4.98 Å². The van der Waals surface area contributed by atoms with Gasteiger partial charge >= 0.3 is 0 Å². The average Bonchev–Trinajstić information content (AvgIpc) is 3.28. The molecule has 6 heteroatoms. The summed E-state index contributed by atoms with van der Waals surface area (Å²) < 4.78 is 0. The molecule has 3 aliphatic carbocycles. The first-order valence-corrected chi connectivity index (χ1v) is 12.3. The summed E-state index contributed by atoms with van der Waals surface area (Å²) in [6, 6.07) is 4.08. The van der Waals surface area contributed by atoms with Gasteiger partial charge in [0.25, 0.3) is 0 Å². The second kappa shape index (κ2) is 7.73. The highest BCUT2D eigenvalue weighted by atomic mass is 32.1. The van der Waals surface area contributed by atoms with Gasteiger partial charge in [0.1, 0.15) is 11.5 Å². The molecule has 4 atom stereocenters. The van der Waals surface area contributed by atoms with Gasteiger partial charge in [0.2, 0.25) is 5.91 Å². The SMILES string of the molecule is Cc1cnc(NC(=O)CCc2cc3c(cc2O)CCC2C3CC[C@]3(C)C(=O)CCC23)s1. The van der Waals surface area contributed by atoms with Crippen LogP contribution in [0.1, 0.15) is 72.9 Å². The summed E-state index contributed by atoms with van der Waals surface area (Å²) in [6.07, 6.45) is 8.45. The molecule has 2 saturated carbocycles. The van der Waals surface area contributed by atoms with Gasteiger partial charge in [0.15, 0.2) is 5.13 Å². The number of nitrogens with one attached hydrogen (secondary N) is 1. The molecule has 2 N–H and O–H groups in total. The molecule has 1 aromatic heterocycles. The molecule has 5 rings (SSSR count). The van der Waals surface area contributed by atoms with Crippen molar-refractivity contribution < 1.29 is 14.7 Å². The van der Waals surface area contributed by atoms with E-state index in [0.29, 0.717) is 47.3 Å². The first-order chi connectivity index (χ1) is 14.8. The van der Waals surface area contributed by atoms with Gasteiger partial charge in [0.05, 0.1) is 0 Å². The van der Waals surface area contributed by atoms with Crippen molar-refractivity contribution >= 4 is 28.2 Å². The topological polar surface area (TPSA) is 79.3 Å². The van der Waals surface area contributed by atoms with Crippen molar-refractivity contribution in [3.05, 3.63) is 39.9 Å². The van der Waals surface area contributed by atoms with E-state index >= 15 is 0 Å². The van der Waals surface area contributed by atoms with Crippen LogP contribution in [-0.4, -0.2) is 21.8 Å². The maximum atomic E-state index is 12.6. The summed E-state index contributed by atoms with van der Waals surface area (Å²) in [5.41, 5.74) is 3.32. The molecule has 5 nitrogen and oxygen atoms in total. The van der Waals surface area contributed by atoms with Crippen LogP contribution in [0.25, 0.3) is 0 Å². The molecule has 2 fully saturated rings. The molecule has 164 valence electrons. The summed E-state index contributed by atoms with van der Waals surface area (Å²) >= 11 is 1.46. The number of benzene rings is 1. The molecule has 0 bridgehead atoms. The Kier molecular flexibility index (Phi) is 5.16. The quantitative estimate of drug-likeness (QED) is 0.692. The van der Waals surface area contributed by atoms with Gasteiger partial charge in [-0.25, -0.2) is 4.98 Å². The van der Waals surface area contributed by atoms with Gasteiger partial charge in [-0.15, -0.1) is 11.3 Å². The Labute approximate surface area is 187 Å². The Morgan fingerprint density at radius 2 is 2.13 bits per heavy atom. The van der Waals surface area contributed by atoms with Crippen molar-refractivity contribution in [3.8, 4) is 5.75 Å². The molecule has 0 aliphatic heterocycles. The van der Waals surface area contributed by atoms with Crippen molar-refractivity contribution in [2.45, 2.75) is 71.1 Å². The normalized spacial score (nSPS) is 29.2. The largest absolute Gasteiger partial charge is 0.508 e. The summed E-state index contributed by atoms with van der Waals surface area (Å²) in [7, 11) is 0. The number of aromatic hydroxyl groups is 1. The molecule has 0 radical (unpaired) electrons. The van der Waals surface area contributed by atoms with Gasteiger partial charge in [0, 0.05) is 29.3 Å². The standard InChI is InChI=1S/C25H30N2O3S/c1-14-13-26-24(31-14)27-23(30)8-4-16-11-19-15(12-21(16)28)3-5-18-17(19)9-10-25(2)20(18)6-7-22(25)29/h11-13,17-18,20,28H,3-10H2,1-2H3,(H,26,27,30)/t17?,18?,20?,25-/m0/s1. The van der Waals surface area contributed by atoms with Crippen LogP contribution in [-0.2, 0) is 22.4 Å². The maximum Gasteiger partial charge on any atom is 0.226 e. The van der Waals surface area contributed by atoms with Crippen LogP contribution in [0.15, 0.2) is 18.3 Å². The second-order valence-corrected chi connectivity index (χ2v) is 11.1. The predicted molar refractivity (Wildman–Crippen MR) is 122 cm³/mol. The number of aromatic nitrogens is 1. The zero-order valence-electron chi connectivity index (χ0n) is 18.2. The fourth-order valence-electron chi connectivity index (χ4n) is 6.47. The highest BCUT2D eigenvalue weighted by Gasteiger charge is 2.54. The van der Waals surface area contributed by atoms with E-state index in [1.165, 1.54) is 22.5 Å². The average molecular weight is 439 g/mol. The van der Waals surface area contributed by atoms with E-state index in [9.17, 15) is 14.7 Å². The monoisotopic (exact) mass is 438 g/mol. The number of hydrogen-bond donors (Lipinski definition) is 2. The van der Waals surface area contributed by atoms with Gasteiger partial charge in [-0.2, -0.15) is 0 Å². The van der Waals surface area contributed by atoms with Gasteiger partial charge in [-0.3, -0.25) is 9.59 Å². The first-order valence-electron chi connectivity index (χ1n) is 11.5. The summed E-state index contributed by atoms with van der Waals surface area (Å²) in [5.74, 6) is 2.21. The number of thiazole rings is 1. The third-order valence-electron chi connectivity index (χ3n) is 8.12. The number of phenols is 1. The Morgan fingerprint density at radius 1 is 1.29 bits per heavy atom. The number of anilines is 1. The molecule has 2 aromatic rings. The van der Waals surface area contributed by atoms with Crippen LogP contribution in [0, 0.1) is 24.2 Å². The van der Waals surface area contributed by atoms with E-state index < -0.39 is 0 Å². The zero-order valence-corrected chi connectivity index (χ0v) is 19.1. The Morgan fingerprint density at radius 3 is 2.90 bits per heavy atom. The highest BCUT2D eigenvalue weighted by Crippen LogP contribution is 2.59. The molecule has 3 aliphatic rings. The van der Waals surface area contributed by atoms with E-state index in [4.69, 9.17) is 0 Å². The molecule has 0 spiro atoms. The summed E-state index contributed by atoms with van der Waals surface area (Å²) in [5, 5.41) is 14.1. The Bertz CT molecular complexity index is 1050. The van der Waals surface area contributed by atoms with Crippen LogP contribution in [0.3, 0.4) is 0 Å². The molecule has 3 unspecified atom stereocenters. The minimum atomic E-state index is -0.120. The molecule has 1 aromatic carbocycles. The van der Waals surface area contributed by atoms with E-state index in [1.807, 2.05) is 13.0 Å². The van der Waals surface area contributed by atoms with Crippen molar-refractivity contribution in [2.75, 3.05) is 5.32 Å². The number of nitrogens with zero attached hydrogens (tertiary/aromatic N) is 1. The minimum absolute atomic E-state index is 0.0813. The van der Waals surface area contributed by atoms with Gasteiger partial charge < -0.3 is 10.4 Å². The number of phenolic OH excluding ortho intramolecular Hbond substituents is 1. The first kappa shape index (κ1) is 20.7. The Hall–Kier alpha value is -2.21. The lowest BCUT2D eigenvalue weighted by Crippen LogP contribution is -2.42. The molecule has 1 heterocycles. The number of aryl methyl sites for hydroxylation is 3. The number of hydrogen-bond acceptors (Lipinski definition) is 5. The van der Waals surface area contributed by atoms with Gasteiger partial charge in [-0.1, -0.05) is 13.0 Å². The number of amides is 1.